The Morgan fingerprint density at radius 3 is 2.48 bits per heavy atom. The molecule has 9 heteroatoms. The Hall–Kier alpha value is -2.75. The van der Waals surface area contributed by atoms with Crippen molar-refractivity contribution in [3.05, 3.63) is 64.7 Å². The van der Waals surface area contributed by atoms with E-state index in [1.807, 2.05) is 26.0 Å². The Balaban J connectivity index is 1.54. The number of nitrogens with one attached hydrogen (secondary N) is 2. The largest absolute Gasteiger partial charge is 0.379 e. The predicted octanol–water partition coefficient (Wildman–Crippen LogP) is 1.72. The zero-order valence-corrected chi connectivity index (χ0v) is 18.5. The summed E-state index contributed by atoms with van der Waals surface area (Å²) >= 11 is 0. The SMILES string of the molecule is Cc1ccc(C(=O)NNC(=O)CCc2cccc(S(=O)(=O)N3CCOCC3)c2)c(C)c1. The van der Waals surface area contributed by atoms with E-state index in [9.17, 15) is 18.0 Å². The van der Waals surface area contributed by atoms with Crippen LogP contribution in [0.5, 0.6) is 0 Å². The molecule has 1 aliphatic rings. The molecule has 1 heterocycles. The molecule has 0 spiro atoms. The summed E-state index contributed by atoms with van der Waals surface area (Å²) in [6, 6.07) is 12.0. The molecule has 0 unspecified atom stereocenters. The third kappa shape index (κ3) is 5.90. The Bertz CT molecular complexity index is 1060. The fourth-order valence-electron chi connectivity index (χ4n) is 3.38. The third-order valence-electron chi connectivity index (χ3n) is 5.09. The van der Waals surface area contributed by atoms with E-state index in [0.717, 1.165) is 16.7 Å². The maximum atomic E-state index is 12.8. The van der Waals surface area contributed by atoms with Gasteiger partial charge in [-0.3, -0.25) is 20.4 Å². The van der Waals surface area contributed by atoms with Gasteiger partial charge in [-0.25, -0.2) is 8.42 Å². The van der Waals surface area contributed by atoms with E-state index in [1.54, 1.807) is 30.3 Å². The number of sulfonamides is 1. The molecule has 2 amide bonds. The molecule has 2 aromatic rings. The molecule has 166 valence electrons. The van der Waals surface area contributed by atoms with Gasteiger partial charge in [-0.05, 0) is 49.6 Å². The molecule has 0 bridgehead atoms. The maximum absolute atomic E-state index is 12.8. The van der Waals surface area contributed by atoms with Crippen LogP contribution in [-0.2, 0) is 26.0 Å². The minimum Gasteiger partial charge on any atom is -0.379 e. The van der Waals surface area contributed by atoms with Crippen molar-refractivity contribution in [3.8, 4) is 0 Å². The van der Waals surface area contributed by atoms with Crippen LogP contribution in [0.1, 0.15) is 33.5 Å². The van der Waals surface area contributed by atoms with Gasteiger partial charge in [-0.15, -0.1) is 0 Å². The first kappa shape index (κ1) is 22.9. The smallest absolute Gasteiger partial charge is 0.269 e. The van der Waals surface area contributed by atoms with Crippen LogP contribution in [0.2, 0.25) is 0 Å². The summed E-state index contributed by atoms with van der Waals surface area (Å²) in [7, 11) is -3.59. The molecule has 1 aliphatic heterocycles. The highest BCUT2D eigenvalue weighted by Gasteiger charge is 2.26. The number of nitrogens with zero attached hydrogens (tertiary/aromatic N) is 1. The number of hydrazine groups is 1. The monoisotopic (exact) mass is 445 g/mol. The molecule has 2 N–H and O–H groups in total. The van der Waals surface area contributed by atoms with Crippen LogP contribution in [0.25, 0.3) is 0 Å². The Kier molecular flexibility index (Phi) is 7.42. The molecule has 1 saturated heterocycles. The number of amides is 2. The van der Waals surface area contributed by atoms with Gasteiger partial charge >= 0.3 is 0 Å². The number of aryl methyl sites for hydroxylation is 3. The highest BCUT2D eigenvalue weighted by atomic mass is 32.2. The summed E-state index contributed by atoms with van der Waals surface area (Å²) in [5, 5.41) is 0. The second kappa shape index (κ2) is 10.0. The topological polar surface area (TPSA) is 105 Å². The molecule has 0 aliphatic carbocycles. The summed E-state index contributed by atoms with van der Waals surface area (Å²) in [5.41, 5.74) is 7.93. The zero-order valence-electron chi connectivity index (χ0n) is 17.7. The molecule has 2 aromatic carbocycles. The van der Waals surface area contributed by atoms with Gasteiger partial charge < -0.3 is 4.74 Å². The molecule has 0 aromatic heterocycles. The van der Waals surface area contributed by atoms with Gasteiger partial charge in [0, 0.05) is 25.1 Å². The summed E-state index contributed by atoms with van der Waals surface area (Å²) in [4.78, 5) is 24.6. The van der Waals surface area contributed by atoms with Gasteiger partial charge in [0.05, 0.1) is 18.1 Å². The number of hydrogen-bond acceptors (Lipinski definition) is 5. The normalized spacial score (nSPS) is 14.8. The average Bonchev–Trinajstić information content (AvgIpc) is 2.77. The van der Waals surface area contributed by atoms with Crippen molar-refractivity contribution in [1.82, 2.24) is 15.2 Å². The van der Waals surface area contributed by atoms with Crippen molar-refractivity contribution in [2.45, 2.75) is 31.6 Å². The van der Waals surface area contributed by atoms with Gasteiger partial charge in [0.15, 0.2) is 0 Å². The first-order valence-corrected chi connectivity index (χ1v) is 11.5. The van der Waals surface area contributed by atoms with E-state index in [1.165, 1.54) is 4.31 Å². The van der Waals surface area contributed by atoms with E-state index in [2.05, 4.69) is 10.9 Å². The number of hydrogen-bond donors (Lipinski definition) is 2. The lowest BCUT2D eigenvalue weighted by Crippen LogP contribution is -2.42. The first-order valence-electron chi connectivity index (χ1n) is 10.1. The number of rotatable bonds is 6. The van der Waals surface area contributed by atoms with Gasteiger partial charge in [0.1, 0.15) is 0 Å². The summed E-state index contributed by atoms with van der Waals surface area (Å²) in [5.74, 6) is -0.746. The van der Waals surface area contributed by atoms with Crippen molar-refractivity contribution >= 4 is 21.8 Å². The molecule has 3 rings (SSSR count). The summed E-state index contributed by atoms with van der Waals surface area (Å²) in [6.45, 7) is 5.20. The zero-order chi connectivity index (χ0) is 22.4. The van der Waals surface area contributed by atoms with Gasteiger partial charge in [-0.1, -0.05) is 29.8 Å². The van der Waals surface area contributed by atoms with Crippen molar-refractivity contribution in [2.75, 3.05) is 26.3 Å². The van der Waals surface area contributed by atoms with Gasteiger partial charge in [0.25, 0.3) is 5.91 Å². The highest BCUT2D eigenvalue weighted by Crippen LogP contribution is 2.19. The Labute approximate surface area is 182 Å². The van der Waals surface area contributed by atoms with E-state index >= 15 is 0 Å². The van der Waals surface area contributed by atoms with Crippen molar-refractivity contribution < 1.29 is 22.7 Å². The number of carbonyl (C=O) groups excluding carboxylic acids is 2. The number of morpholine rings is 1. The van der Waals surface area contributed by atoms with Crippen LogP contribution >= 0.6 is 0 Å². The second-order valence-electron chi connectivity index (χ2n) is 7.48. The van der Waals surface area contributed by atoms with Crippen LogP contribution in [0.3, 0.4) is 0 Å². The lowest BCUT2D eigenvalue weighted by Gasteiger charge is -2.26. The van der Waals surface area contributed by atoms with Gasteiger partial charge in [-0.2, -0.15) is 4.31 Å². The van der Waals surface area contributed by atoms with Crippen molar-refractivity contribution in [2.24, 2.45) is 0 Å². The molecular weight excluding hydrogens is 418 g/mol. The Morgan fingerprint density at radius 2 is 1.77 bits per heavy atom. The van der Waals surface area contributed by atoms with Crippen LogP contribution in [0.4, 0.5) is 0 Å². The lowest BCUT2D eigenvalue weighted by molar-refractivity contribution is -0.121. The van der Waals surface area contributed by atoms with Crippen LogP contribution in [-0.4, -0.2) is 50.8 Å². The van der Waals surface area contributed by atoms with Crippen LogP contribution < -0.4 is 10.9 Å². The molecule has 8 nitrogen and oxygen atoms in total. The van der Waals surface area contributed by atoms with Crippen molar-refractivity contribution in [1.29, 1.82) is 0 Å². The summed E-state index contributed by atoms with van der Waals surface area (Å²) in [6.07, 6.45) is 0.450. The highest BCUT2D eigenvalue weighted by molar-refractivity contribution is 7.89. The average molecular weight is 446 g/mol. The van der Waals surface area contributed by atoms with E-state index in [-0.39, 0.29) is 23.1 Å². The van der Waals surface area contributed by atoms with E-state index in [0.29, 0.717) is 38.3 Å². The Morgan fingerprint density at radius 1 is 1.03 bits per heavy atom. The predicted molar refractivity (Wildman–Crippen MR) is 116 cm³/mol. The molecule has 1 fully saturated rings. The van der Waals surface area contributed by atoms with E-state index < -0.39 is 10.0 Å². The molecule has 0 radical (unpaired) electrons. The number of ether oxygens (including phenoxy) is 1. The van der Waals surface area contributed by atoms with Gasteiger partial charge in [0.2, 0.25) is 15.9 Å². The third-order valence-corrected chi connectivity index (χ3v) is 6.98. The second-order valence-corrected chi connectivity index (χ2v) is 9.42. The minimum atomic E-state index is -3.59. The number of benzene rings is 2. The maximum Gasteiger partial charge on any atom is 0.269 e. The van der Waals surface area contributed by atoms with E-state index in [4.69, 9.17) is 4.74 Å². The van der Waals surface area contributed by atoms with Crippen LogP contribution in [0.15, 0.2) is 47.4 Å². The first-order chi connectivity index (χ1) is 14.8. The summed E-state index contributed by atoms with van der Waals surface area (Å²) < 4.78 is 32.2. The van der Waals surface area contributed by atoms with Crippen LogP contribution in [0, 0.1) is 13.8 Å². The van der Waals surface area contributed by atoms with Crippen molar-refractivity contribution in [3.63, 3.8) is 0 Å². The minimum absolute atomic E-state index is 0.105. The number of carbonyl (C=O) groups is 2. The lowest BCUT2D eigenvalue weighted by atomic mass is 10.1. The standard InChI is InChI=1S/C22H27N3O5S/c1-16-6-8-20(17(2)14-16)22(27)24-23-21(26)9-7-18-4-3-5-19(15-18)31(28,29)25-10-12-30-13-11-25/h3-6,8,14-15H,7,9-13H2,1-2H3,(H,23,26)(H,24,27). The quantitative estimate of drug-likeness (QED) is 0.659. The molecular formula is C22H27N3O5S. The molecule has 0 atom stereocenters. The molecule has 0 saturated carbocycles. The fourth-order valence-corrected chi connectivity index (χ4v) is 4.86. The fraction of sp³-hybridized carbons (Fsp3) is 0.364. The molecule has 31 heavy (non-hydrogen) atoms.